The van der Waals surface area contributed by atoms with Crippen molar-refractivity contribution in [3.63, 3.8) is 0 Å². The summed E-state index contributed by atoms with van der Waals surface area (Å²) in [4.78, 5) is 13.5. The summed E-state index contributed by atoms with van der Waals surface area (Å²) in [5, 5.41) is 8.48. The Balaban J connectivity index is 3.41. The SMILES string of the molecule is O=C(O)Cc1nc(C(F)(F)F)cc(C(F)F)c1Br. The van der Waals surface area contributed by atoms with Crippen molar-refractivity contribution < 1.29 is 31.9 Å². The Morgan fingerprint density at radius 2 is 2.00 bits per heavy atom. The number of aliphatic carboxylic acids is 1. The number of pyridine rings is 1. The van der Waals surface area contributed by atoms with Crippen molar-refractivity contribution >= 4 is 21.9 Å². The average molecular weight is 334 g/mol. The number of halogens is 6. The third-order valence-corrected chi connectivity index (χ3v) is 2.81. The van der Waals surface area contributed by atoms with E-state index in [0.717, 1.165) is 0 Å². The maximum Gasteiger partial charge on any atom is 0.433 e. The van der Waals surface area contributed by atoms with Gasteiger partial charge < -0.3 is 5.11 Å². The molecule has 1 rings (SSSR count). The van der Waals surface area contributed by atoms with Crippen LogP contribution in [0, 0.1) is 0 Å². The minimum atomic E-state index is -4.92. The number of hydrogen-bond acceptors (Lipinski definition) is 2. The first-order valence-corrected chi connectivity index (χ1v) is 5.18. The maximum atomic E-state index is 12.5. The molecule has 1 N–H and O–H groups in total. The van der Waals surface area contributed by atoms with E-state index in [1.807, 2.05) is 0 Å². The van der Waals surface area contributed by atoms with Crippen molar-refractivity contribution in [2.24, 2.45) is 0 Å². The van der Waals surface area contributed by atoms with Gasteiger partial charge in [0.15, 0.2) is 0 Å². The standard InChI is InChI=1S/C9H5BrF5NO2/c10-7-3(8(11)12)1-5(9(13,14)15)16-4(7)2-6(17)18/h1,8H,2H2,(H,17,18). The number of alkyl halides is 5. The normalized spacial score (nSPS) is 11.9. The highest BCUT2D eigenvalue weighted by atomic mass is 79.9. The van der Waals surface area contributed by atoms with Gasteiger partial charge in [-0.15, -0.1) is 0 Å². The second kappa shape index (κ2) is 5.17. The van der Waals surface area contributed by atoms with Crippen molar-refractivity contribution in [3.8, 4) is 0 Å². The Kier molecular flexibility index (Phi) is 4.25. The van der Waals surface area contributed by atoms with Crippen LogP contribution in [0.4, 0.5) is 22.0 Å². The predicted octanol–water partition coefficient (Wildman–Crippen LogP) is 3.43. The van der Waals surface area contributed by atoms with Crippen molar-refractivity contribution in [2.45, 2.75) is 19.0 Å². The van der Waals surface area contributed by atoms with Gasteiger partial charge in [0, 0.05) is 10.0 Å². The van der Waals surface area contributed by atoms with E-state index in [4.69, 9.17) is 5.11 Å². The van der Waals surface area contributed by atoms with Crippen LogP contribution < -0.4 is 0 Å². The van der Waals surface area contributed by atoms with Gasteiger partial charge in [-0.25, -0.2) is 13.8 Å². The second-order valence-corrected chi connectivity index (χ2v) is 4.02. The fraction of sp³-hybridized carbons (Fsp3) is 0.333. The van der Waals surface area contributed by atoms with Gasteiger partial charge in [0.2, 0.25) is 0 Å². The average Bonchev–Trinajstić information content (AvgIpc) is 2.18. The summed E-state index contributed by atoms with van der Waals surface area (Å²) >= 11 is 2.64. The van der Waals surface area contributed by atoms with Crippen LogP contribution in [0.1, 0.15) is 23.4 Å². The fourth-order valence-electron chi connectivity index (χ4n) is 1.17. The van der Waals surface area contributed by atoms with Gasteiger partial charge in [0.25, 0.3) is 6.43 Å². The fourth-order valence-corrected chi connectivity index (χ4v) is 1.68. The summed E-state index contributed by atoms with van der Waals surface area (Å²) in [5.41, 5.74) is -3.07. The highest BCUT2D eigenvalue weighted by Gasteiger charge is 2.35. The molecule has 0 aliphatic heterocycles. The van der Waals surface area contributed by atoms with Crippen molar-refractivity contribution in [1.82, 2.24) is 4.98 Å². The molecule has 1 aromatic rings. The monoisotopic (exact) mass is 333 g/mol. The van der Waals surface area contributed by atoms with Crippen LogP contribution in [-0.4, -0.2) is 16.1 Å². The summed E-state index contributed by atoms with van der Waals surface area (Å²) in [6.07, 6.45) is -8.97. The predicted molar refractivity (Wildman–Crippen MR) is 53.2 cm³/mol. The maximum absolute atomic E-state index is 12.5. The minimum absolute atomic E-state index is 0.195. The Bertz CT molecular complexity index is 475. The lowest BCUT2D eigenvalue weighted by Gasteiger charge is -2.12. The molecule has 0 fully saturated rings. The van der Waals surface area contributed by atoms with E-state index in [-0.39, 0.29) is 6.07 Å². The minimum Gasteiger partial charge on any atom is -0.481 e. The first kappa shape index (κ1) is 14.8. The molecule has 0 bridgehead atoms. The van der Waals surface area contributed by atoms with E-state index in [9.17, 15) is 26.7 Å². The molecule has 3 nitrogen and oxygen atoms in total. The summed E-state index contributed by atoms with van der Waals surface area (Å²) < 4.78 is 61.9. The molecule has 1 heterocycles. The Morgan fingerprint density at radius 3 is 2.39 bits per heavy atom. The molecule has 0 unspecified atom stereocenters. The van der Waals surface area contributed by atoms with Crippen molar-refractivity contribution in [1.29, 1.82) is 0 Å². The molecular weight excluding hydrogens is 329 g/mol. The zero-order valence-electron chi connectivity index (χ0n) is 8.43. The topological polar surface area (TPSA) is 50.2 Å². The quantitative estimate of drug-likeness (QED) is 0.862. The highest BCUT2D eigenvalue weighted by molar-refractivity contribution is 9.10. The summed E-state index contributed by atoms with van der Waals surface area (Å²) in [5.74, 6) is -1.47. The van der Waals surface area contributed by atoms with Gasteiger partial charge in [-0.05, 0) is 22.0 Å². The number of carboxylic acid groups (broad SMARTS) is 1. The zero-order valence-corrected chi connectivity index (χ0v) is 10.0. The van der Waals surface area contributed by atoms with E-state index in [2.05, 4.69) is 20.9 Å². The Labute approximate surface area is 106 Å². The number of aromatic nitrogens is 1. The van der Waals surface area contributed by atoms with Gasteiger partial charge in [0.05, 0.1) is 12.1 Å². The van der Waals surface area contributed by atoms with Crippen LogP contribution >= 0.6 is 15.9 Å². The molecule has 0 aliphatic rings. The van der Waals surface area contributed by atoms with E-state index < -0.39 is 46.4 Å². The molecule has 0 aliphatic carbocycles. The first-order valence-electron chi connectivity index (χ1n) is 4.39. The first-order chi connectivity index (χ1) is 8.12. The lowest BCUT2D eigenvalue weighted by Crippen LogP contribution is -2.14. The molecular formula is C9H5BrF5NO2. The van der Waals surface area contributed by atoms with Crippen LogP contribution in [0.15, 0.2) is 10.5 Å². The number of rotatable bonds is 3. The summed E-state index contributed by atoms with van der Waals surface area (Å²) in [7, 11) is 0. The number of carboxylic acids is 1. The van der Waals surface area contributed by atoms with Crippen LogP contribution in [0.2, 0.25) is 0 Å². The molecule has 0 amide bonds. The summed E-state index contributed by atoms with van der Waals surface area (Å²) in [6, 6.07) is 0.195. The molecule has 1 aromatic heterocycles. The van der Waals surface area contributed by atoms with Gasteiger partial charge in [-0.2, -0.15) is 13.2 Å². The van der Waals surface area contributed by atoms with E-state index in [1.54, 1.807) is 0 Å². The van der Waals surface area contributed by atoms with E-state index in [0.29, 0.717) is 0 Å². The smallest absolute Gasteiger partial charge is 0.433 e. The largest absolute Gasteiger partial charge is 0.481 e. The molecule has 0 saturated carbocycles. The Morgan fingerprint density at radius 1 is 1.44 bits per heavy atom. The molecule has 0 atom stereocenters. The number of carbonyl (C=O) groups is 1. The third-order valence-electron chi connectivity index (χ3n) is 1.90. The molecule has 0 aromatic carbocycles. The third kappa shape index (κ3) is 3.37. The number of hydrogen-bond donors (Lipinski definition) is 1. The van der Waals surface area contributed by atoms with Crippen molar-refractivity contribution in [2.75, 3.05) is 0 Å². The highest BCUT2D eigenvalue weighted by Crippen LogP contribution is 2.35. The summed E-state index contributed by atoms with van der Waals surface area (Å²) in [6.45, 7) is 0. The number of nitrogens with zero attached hydrogens (tertiary/aromatic N) is 1. The molecule has 18 heavy (non-hydrogen) atoms. The molecule has 0 radical (unpaired) electrons. The van der Waals surface area contributed by atoms with E-state index >= 15 is 0 Å². The molecule has 9 heteroatoms. The van der Waals surface area contributed by atoms with Crippen LogP contribution in [0.25, 0.3) is 0 Å². The second-order valence-electron chi connectivity index (χ2n) is 3.23. The van der Waals surface area contributed by atoms with E-state index in [1.165, 1.54) is 0 Å². The zero-order chi connectivity index (χ0) is 14.1. The lowest BCUT2D eigenvalue weighted by atomic mass is 10.1. The van der Waals surface area contributed by atoms with Crippen LogP contribution in [-0.2, 0) is 17.4 Å². The lowest BCUT2D eigenvalue weighted by molar-refractivity contribution is -0.142. The van der Waals surface area contributed by atoms with Crippen molar-refractivity contribution in [3.05, 3.63) is 27.5 Å². The molecule has 0 spiro atoms. The van der Waals surface area contributed by atoms with Gasteiger partial charge >= 0.3 is 12.1 Å². The van der Waals surface area contributed by atoms with Gasteiger partial charge in [0.1, 0.15) is 5.69 Å². The molecule has 100 valence electrons. The van der Waals surface area contributed by atoms with Gasteiger partial charge in [-0.3, -0.25) is 4.79 Å². The molecule has 0 saturated heterocycles. The van der Waals surface area contributed by atoms with Crippen LogP contribution in [0.5, 0.6) is 0 Å². The Hall–Kier alpha value is -1.25. The van der Waals surface area contributed by atoms with Crippen LogP contribution in [0.3, 0.4) is 0 Å². The van der Waals surface area contributed by atoms with Gasteiger partial charge in [-0.1, -0.05) is 0 Å².